The van der Waals surface area contributed by atoms with E-state index in [2.05, 4.69) is 19.0 Å². The van der Waals surface area contributed by atoms with Crippen LogP contribution in [0.25, 0.3) is 0 Å². The first-order valence-corrected chi connectivity index (χ1v) is 5.89. The van der Waals surface area contributed by atoms with Crippen LogP contribution in [0.5, 0.6) is 0 Å². The van der Waals surface area contributed by atoms with E-state index in [0.717, 1.165) is 30.1 Å². The molecule has 15 heavy (non-hydrogen) atoms. The Bertz CT molecular complexity index is 326. The maximum absolute atomic E-state index is 5.82. The molecule has 1 aliphatic rings. The van der Waals surface area contributed by atoms with E-state index >= 15 is 0 Å². The molecule has 1 aromatic heterocycles. The zero-order valence-electron chi connectivity index (χ0n) is 9.62. The third-order valence-corrected chi connectivity index (χ3v) is 3.21. The molecular formula is C12H20N2O. The van der Waals surface area contributed by atoms with Gasteiger partial charge in [0.2, 0.25) is 0 Å². The van der Waals surface area contributed by atoms with E-state index in [1.807, 2.05) is 0 Å². The molecule has 1 fully saturated rings. The first kappa shape index (κ1) is 10.5. The number of nitrogens with two attached hydrogens (primary N) is 1. The number of aromatic nitrogens is 1. The van der Waals surface area contributed by atoms with E-state index in [4.69, 9.17) is 10.3 Å². The third kappa shape index (κ3) is 2.33. The Kier molecular flexibility index (Phi) is 2.98. The van der Waals surface area contributed by atoms with Gasteiger partial charge in [-0.25, -0.2) is 0 Å². The maximum atomic E-state index is 5.82. The Morgan fingerprint density at radius 1 is 1.47 bits per heavy atom. The fourth-order valence-electron chi connectivity index (χ4n) is 2.10. The van der Waals surface area contributed by atoms with Crippen molar-refractivity contribution in [1.29, 1.82) is 0 Å². The standard InChI is InChI=1S/C12H20N2O/c1-8(2)6-10-11(15-14-12(10)13)7-9-4-3-5-9/h8-9H,3-7H2,1-2H3,(H2,13,14). The first-order valence-electron chi connectivity index (χ1n) is 5.89. The van der Waals surface area contributed by atoms with Crippen molar-refractivity contribution in [2.45, 2.75) is 46.0 Å². The van der Waals surface area contributed by atoms with Gasteiger partial charge >= 0.3 is 0 Å². The van der Waals surface area contributed by atoms with Crippen LogP contribution in [0.4, 0.5) is 5.82 Å². The molecular weight excluding hydrogens is 188 g/mol. The molecule has 0 unspecified atom stereocenters. The summed E-state index contributed by atoms with van der Waals surface area (Å²) in [6, 6.07) is 0. The molecule has 2 rings (SSSR count). The van der Waals surface area contributed by atoms with E-state index in [-0.39, 0.29) is 0 Å². The fraction of sp³-hybridized carbons (Fsp3) is 0.750. The molecule has 0 bridgehead atoms. The van der Waals surface area contributed by atoms with Crippen LogP contribution >= 0.6 is 0 Å². The van der Waals surface area contributed by atoms with Gasteiger partial charge in [-0.2, -0.15) is 0 Å². The summed E-state index contributed by atoms with van der Waals surface area (Å²) in [5.41, 5.74) is 6.97. The highest BCUT2D eigenvalue weighted by Gasteiger charge is 2.23. The van der Waals surface area contributed by atoms with Gasteiger partial charge in [0.1, 0.15) is 5.76 Å². The van der Waals surface area contributed by atoms with E-state index < -0.39 is 0 Å². The summed E-state index contributed by atoms with van der Waals surface area (Å²) in [7, 11) is 0. The van der Waals surface area contributed by atoms with E-state index in [0.29, 0.717) is 11.7 Å². The molecule has 0 atom stereocenters. The average Bonchev–Trinajstić information content (AvgIpc) is 2.41. The number of nitrogens with zero attached hydrogens (tertiary/aromatic N) is 1. The monoisotopic (exact) mass is 208 g/mol. The summed E-state index contributed by atoms with van der Waals surface area (Å²) in [5.74, 6) is 3.04. The molecule has 1 aliphatic carbocycles. The number of nitrogen functional groups attached to an aromatic ring is 1. The number of hydrogen-bond donors (Lipinski definition) is 1. The Morgan fingerprint density at radius 2 is 2.20 bits per heavy atom. The molecule has 0 saturated heterocycles. The molecule has 0 aromatic carbocycles. The van der Waals surface area contributed by atoms with Crippen LogP contribution in [0, 0.1) is 11.8 Å². The lowest BCUT2D eigenvalue weighted by Gasteiger charge is -2.24. The lowest BCUT2D eigenvalue weighted by molar-refractivity contribution is 0.277. The van der Waals surface area contributed by atoms with Crippen LogP contribution in [0.15, 0.2) is 4.52 Å². The van der Waals surface area contributed by atoms with Crippen LogP contribution in [0.3, 0.4) is 0 Å². The van der Waals surface area contributed by atoms with Gasteiger partial charge in [0.15, 0.2) is 5.82 Å². The lowest BCUT2D eigenvalue weighted by Crippen LogP contribution is -2.14. The fourth-order valence-corrected chi connectivity index (χ4v) is 2.10. The van der Waals surface area contributed by atoms with Gasteiger partial charge in [0.05, 0.1) is 0 Å². The van der Waals surface area contributed by atoms with Crippen molar-refractivity contribution in [3.8, 4) is 0 Å². The second kappa shape index (κ2) is 4.25. The Balaban J connectivity index is 2.07. The third-order valence-electron chi connectivity index (χ3n) is 3.21. The van der Waals surface area contributed by atoms with Gasteiger partial charge in [-0.05, 0) is 18.3 Å². The van der Waals surface area contributed by atoms with Crippen LogP contribution in [-0.4, -0.2) is 5.16 Å². The molecule has 0 radical (unpaired) electrons. The molecule has 3 nitrogen and oxygen atoms in total. The second-order valence-electron chi connectivity index (χ2n) is 5.07. The number of rotatable bonds is 4. The largest absolute Gasteiger partial charge is 0.381 e. The predicted molar refractivity (Wildman–Crippen MR) is 60.5 cm³/mol. The summed E-state index contributed by atoms with van der Waals surface area (Å²) in [6.07, 6.45) is 6.06. The summed E-state index contributed by atoms with van der Waals surface area (Å²) < 4.78 is 5.33. The molecule has 1 heterocycles. The summed E-state index contributed by atoms with van der Waals surface area (Å²) >= 11 is 0. The first-order chi connectivity index (χ1) is 7.16. The molecule has 3 heteroatoms. The highest BCUT2D eigenvalue weighted by atomic mass is 16.5. The number of anilines is 1. The minimum absolute atomic E-state index is 0.595. The maximum Gasteiger partial charge on any atom is 0.170 e. The zero-order chi connectivity index (χ0) is 10.8. The van der Waals surface area contributed by atoms with E-state index in [9.17, 15) is 0 Å². The molecule has 0 spiro atoms. The van der Waals surface area contributed by atoms with E-state index in [1.165, 1.54) is 19.3 Å². The Hall–Kier alpha value is -0.990. The van der Waals surface area contributed by atoms with Gasteiger partial charge in [-0.1, -0.05) is 38.3 Å². The minimum Gasteiger partial charge on any atom is -0.381 e. The highest BCUT2D eigenvalue weighted by Crippen LogP contribution is 2.32. The van der Waals surface area contributed by atoms with Crippen molar-refractivity contribution < 1.29 is 4.52 Å². The van der Waals surface area contributed by atoms with Crippen molar-refractivity contribution in [2.75, 3.05) is 5.73 Å². The summed E-state index contributed by atoms with van der Waals surface area (Å²) in [4.78, 5) is 0. The summed E-state index contributed by atoms with van der Waals surface area (Å²) in [6.45, 7) is 4.39. The van der Waals surface area contributed by atoms with Crippen LogP contribution in [0.2, 0.25) is 0 Å². The second-order valence-corrected chi connectivity index (χ2v) is 5.07. The molecule has 0 amide bonds. The molecule has 84 valence electrons. The highest BCUT2D eigenvalue weighted by molar-refractivity contribution is 5.40. The predicted octanol–water partition coefficient (Wildman–Crippen LogP) is 2.80. The van der Waals surface area contributed by atoms with Crippen LogP contribution < -0.4 is 5.73 Å². The normalized spacial score (nSPS) is 17.0. The minimum atomic E-state index is 0.595. The van der Waals surface area contributed by atoms with Crippen LogP contribution in [-0.2, 0) is 12.8 Å². The van der Waals surface area contributed by atoms with Gasteiger partial charge in [0, 0.05) is 12.0 Å². The van der Waals surface area contributed by atoms with Gasteiger partial charge in [-0.15, -0.1) is 0 Å². The van der Waals surface area contributed by atoms with Gasteiger partial charge in [-0.3, -0.25) is 0 Å². The van der Waals surface area contributed by atoms with Crippen molar-refractivity contribution in [3.63, 3.8) is 0 Å². The molecule has 1 saturated carbocycles. The van der Waals surface area contributed by atoms with E-state index in [1.54, 1.807) is 0 Å². The molecule has 1 aromatic rings. The zero-order valence-corrected chi connectivity index (χ0v) is 9.62. The SMILES string of the molecule is CC(C)Cc1c(N)noc1CC1CCC1. The smallest absolute Gasteiger partial charge is 0.170 e. The Morgan fingerprint density at radius 3 is 2.73 bits per heavy atom. The average molecular weight is 208 g/mol. The quantitative estimate of drug-likeness (QED) is 0.827. The van der Waals surface area contributed by atoms with Crippen molar-refractivity contribution >= 4 is 5.82 Å². The van der Waals surface area contributed by atoms with Crippen molar-refractivity contribution in [3.05, 3.63) is 11.3 Å². The Labute approximate surface area is 91.0 Å². The summed E-state index contributed by atoms with van der Waals surface area (Å²) in [5, 5.41) is 3.88. The topological polar surface area (TPSA) is 52.0 Å². The lowest BCUT2D eigenvalue weighted by atomic mass is 9.81. The number of hydrogen-bond acceptors (Lipinski definition) is 3. The van der Waals surface area contributed by atoms with Crippen molar-refractivity contribution in [1.82, 2.24) is 5.16 Å². The van der Waals surface area contributed by atoms with Crippen molar-refractivity contribution in [2.24, 2.45) is 11.8 Å². The molecule has 0 aliphatic heterocycles. The van der Waals surface area contributed by atoms with Gasteiger partial charge in [0.25, 0.3) is 0 Å². The van der Waals surface area contributed by atoms with Crippen LogP contribution in [0.1, 0.15) is 44.4 Å². The van der Waals surface area contributed by atoms with Gasteiger partial charge < -0.3 is 10.3 Å². The molecule has 2 N–H and O–H groups in total.